The van der Waals surface area contributed by atoms with Gasteiger partial charge >= 0.3 is 0 Å². The van der Waals surface area contributed by atoms with E-state index in [2.05, 4.69) is 15.0 Å². The van der Waals surface area contributed by atoms with Gasteiger partial charge in [-0.05, 0) is 31.2 Å². The molecule has 0 atom stereocenters. The van der Waals surface area contributed by atoms with Gasteiger partial charge in [-0.2, -0.15) is 0 Å². The third-order valence-corrected chi connectivity index (χ3v) is 3.93. The van der Waals surface area contributed by atoms with E-state index in [1.807, 2.05) is 6.92 Å². The summed E-state index contributed by atoms with van der Waals surface area (Å²) in [6.07, 6.45) is 1.58. The molecule has 6 heteroatoms. The van der Waals surface area contributed by atoms with Crippen LogP contribution in [0.2, 0.25) is 0 Å². The summed E-state index contributed by atoms with van der Waals surface area (Å²) in [6.45, 7) is 1.83. The van der Waals surface area contributed by atoms with Crippen molar-refractivity contribution in [2.75, 3.05) is 0 Å². The number of rotatable bonds is 3. The lowest BCUT2D eigenvalue weighted by molar-refractivity contribution is 0.469. The molecule has 0 aliphatic rings. The summed E-state index contributed by atoms with van der Waals surface area (Å²) in [5, 5.41) is 10.3. The van der Waals surface area contributed by atoms with Gasteiger partial charge in [0.15, 0.2) is 5.16 Å². The molecule has 0 radical (unpaired) electrons. The zero-order chi connectivity index (χ0) is 14.1. The first kappa shape index (κ1) is 12.9. The van der Waals surface area contributed by atoms with Gasteiger partial charge in [0, 0.05) is 17.5 Å². The van der Waals surface area contributed by atoms with Crippen molar-refractivity contribution in [3.05, 3.63) is 47.5 Å². The number of aromatic nitrogens is 3. The summed E-state index contributed by atoms with van der Waals surface area (Å²) in [6, 6.07) is 6.01. The molecule has 3 aromatic rings. The Morgan fingerprint density at radius 1 is 1.35 bits per heavy atom. The first-order chi connectivity index (χ1) is 9.63. The number of thioether (sulfide) groups is 1. The Morgan fingerprint density at radius 3 is 3.05 bits per heavy atom. The van der Waals surface area contributed by atoms with Crippen LogP contribution < -0.4 is 0 Å². The van der Waals surface area contributed by atoms with Crippen LogP contribution in [0.5, 0.6) is 5.75 Å². The minimum absolute atomic E-state index is 0.238. The van der Waals surface area contributed by atoms with E-state index in [1.165, 1.54) is 23.9 Å². The number of hydrogen-bond acceptors (Lipinski definition) is 4. The predicted octanol–water partition coefficient (Wildman–Crippen LogP) is 3.40. The molecule has 0 saturated heterocycles. The topological polar surface area (TPSA) is 61.8 Å². The fourth-order valence-corrected chi connectivity index (χ4v) is 2.79. The highest BCUT2D eigenvalue weighted by Crippen LogP contribution is 2.26. The zero-order valence-electron chi connectivity index (χ0n) is 10.7. The summed E-state index contributed by atoms with van der Waals surface area (Å²) in [5.74, 6) is 0.535. The van der Waals surface area contributed by atoms with Gasteiger partial charge in [-0.25, -0.2) is 9.37 Å². The molecule has 2 heterocycles. The average Bonchev–Trinajstić information content (AvgIpc) is 2.82. The highest BCUT2D eigenvalue weighted by molar-refractivity contribution is 7.98. The summed E-state index contributed by atoms with van der Waals surface area (Å²) < 4.78 is 13.1. The van der Waals surface area contributed by atoms with Crippen molar-refractivity contribution in [2.24, 2.45) is 0 Å². The van der Waals surface area contributed by atoms with Gasteiger partial charge in [-0.15, -0.1) is 0 Å². The van der Waals surface area contributed by atoms with Crippen LogP contribution >= 0.6 is 11.8 Å². The third kappa shape index (κ3) is 2.46. The Bertz CT molecular complexity index is 772. The number of imidazole rings is 1. The first-order valence-electron chi connectivity index (χ1n) is 6.05. The van der Waals surface area contributed by atoms with Gasteiger partial charge in [0.1, 0.15) is 11.6 Å². The smallest absolute Gasteiger partial charge is 0.166 e. The number of aromatic hydroxyl groups is 1. The predicted molar refractivity (Wildman–Crippen MR) is 76.3 cm³/mol. The van der Waals surface area contributed by atoms with Gasteiger partial charge in [0.05, 0.1) is 16.7 Å². The first-order valence-corrected chi connectivity index (χ1v) is 7.03. The number of H-pyrrole nitrogens is 1. The summed E-state index contributed by atoms with van der Waals surface area (Å²) in [4.78, 5) is 11.7. The molecule has 0 bridgehead atoms. The van der Waals surface area contributed by atoms with E-state index < -0.39 is 0 Å². The lowest BCUT2D eigenvalue weighted by Gasteiger charge is -2.04. The number of aromatic amines is 1. The van der Waals surface area contributed by atoms with Crippen molar-refractivity contribution >= 4 is 22.8 Å². The van der Waals surface area contributed by atoms with Crippen LogP contribution in [-0.4, -0.2) is 20.1 Å². The minimum Gasteiger partial charge on any atom is -0.508 e. The highest BCUT2D eigenvalue weighted by Gasteiger charge is 2.08. The van der Waals surface area contributed by atoms with E-state index in [0.29, 0.717) is 16.4 Å². The monoisotopic (exact) mass is 289 g/mol. The molecule has 4 nitrogen and oxygen atoms in total. The lowest BCUT2D eigenvalue weighted by atomic mass is 10.2. The van der Waals surface area contributed by atoms with Crippen LogP contribution in [0.1, 0.15) is 11.3 Å². The number of hydrogen-bond donors (Lipinski definition) is 2. The summed E-state index contributed by atoms with van der Waals surface area (Å²) in [5.41, 5.74) is 2.98. The molecule has 102 valence electrons. The van der Waals surface area contributed by atoms with Gasteiger partial charge in [-0.3, -0.25) is 4.98 Å². The molecule has 0 saturated carbocycles. The highest BCUT2D eigenvalue weighted by atomic mass is 32.2. The third-order valence-electron chi connectivity index (χ3n) is 3.05. The molecule has 0 amide bonds. The second kappa shape index (κ2) is 5.13. The average molecular weight is 289 g/mol. The molecule has 0 aliphatic carbocycles. The lowest BCUT2D eigenvalue weighted by Crippen LogP contribution is -1.91. The molecular weight excluding hydrogens is 277 g/mol. The number of halogens is 1. The number of pyridine rings is 1. The van der Waals surface area contributed by atoms with Crippen LogP contribution in [0.25, 0.3) is 11.0 Å². The standard InChI is InChI=1S/C14H12FN3OS/c1-8-12(16-5-4-13(8)19)7-20-14-17-10-3-2-9(15)6-11(10)18-14/h2-6H,7H2,1H3,(H,16,19)(H,17,18). The molecule has 0 fully saturated rings. The second-order valence-corrected chi connectivity index (χ2v) is 5.36. The normalized spacial score (nSPS) is 11.1. The number of nitrogens with one attached hydrogen (secondary N) is 1. The quantitative estimate of drug-likeness (QED) is 0.725. The van der Waals surface area contributed by atoms with Crippen molar-refractivity contribution in [2.45, 2.75) is 17.8 Å². The van der Waals surface area contributed by atoms with Crippen LogP contribution in [0.15, 0.2) is 35.6 Å². The van der Waals surface area contributed by atoms with Crippen LogP contribution in [0.3, 0.4) is 0 Å². The van der Waals surface area contributed by atoms with Gasteiger partial charge in [0.2, 0.25) is 0 Å². The van der Waals surface area contributed by atoms with Crippen molar-refractivity contribution in [3.8, 4) is 5.75 Å². The van der Waals surface area contributed by atoms with E-state index in [-0.39, 0.29) is 11.6 Å². The van der Waals surface area contributed by atoms with Crippen molar-refractivity contribution in [1.82, 2.24) is 15.0 Å². The minimum atomic E-state index is -0.289. The molecule has 2 N–H and O–H groups in total. The molecule has 0 unspecified atom stereocenters. The molecule has 20 heavy (non-hydrogen) atoms. The molecule has 0 aliphatic heterocycles. The second-order valence-electron chi connectivity index (χ2n) is 4.39. The van der Waals surface area contributed by atoms with Crippen molar-refractivity contribution in [3.63, 3.8) is 0 Å². The molecule has 2 aromatic heterocycles. The van der Waals surface area contributed by atoms with Gasteiger partial charge in [0.25, 0.3) is 0 Å². The van der Waals surface area contributed by atoms with Crippen LogP contribution in [0.4, 0.5) is 4.39 Å². The van der Waals surface area contributed by atoms with E-state index in [9.17, 15) is 9.50 Å². The van der Waals surface area contributed by atoms with Gasteiger partial charge < -0.3 is 10.1 Å². The van der Waals surface area contributed by atoms with Gasteiger partial charge in [-0.1, -0.05) is 11.8 Å². The maximum Gasteiger partial charge on any atom is 0.166 e. The van der Waals surface area contributed by atoms with Crippen LogP contribution in [0, 0.1) is 12.7 Å². The maximum absolute atomic E-state index is 13.1. The Kier molecular flexibility index (Phi) is 3.31. The Hall–Kier alpha value is -2.08. The number of fused-ring (bicyclic) bond motifs is 1. The van der Waals surface area contributed by atoms with E-state index in [4.69, 9.17) is 0 Å². The maximum atomic E-state index is 13.1. The van der Waals surface area contributed by atoms with E-state index >= 15 is 0 Å². The largest absolute Gasteiger partial charge is 0.508 e. The molecule has 0 spiro atoms. The fraction of sp³-hybridized carbons (Fsp3) is 0.143. The summed E-state index contributed by atoms with van der Waals surface area (Å²) >= 11 is 1.47. The van der Waals surface area contributed by atoms with E-state index in [1.54, 1.807) is 18.3 Å². The van der Waals surface area contributed by atoms with Crippen molar-refractivity contribution in [1.29, 1.82) is 0 Å². The van der Waals surface area contributed by atoms with Crippen LogP contribution in [-0.2, 0) is 5.75 Å². The number of nitrogens with zero attached hydrogens (tertiary/aromatic N) is 2. The Balaban J connectivity index is 1.81. The zero-order valence-corrected chi connectivity index (χ0v) is 11.5. The number of benzene rings is 1. The molecule has 3 rings (SSSR count). The summed E-state index contributed by atoms with van der Waals surface area (Å²) in [7, 11) is 0. The Labute approximate surface area is 119 Å². The fourth-order valence-electron chi connectivity index (χ4n) is 1.88. The van der Waals surface area contributed by atoms with Crippen molar-refractivity contribution < 1.29 is 9.50 Å². The molecule has 1 aromatic carbocycles. The molecular formula is C14H12FN3OS. The Morgan fingerprint density at radius 2 is 2.20 bits per heavy atom. The van der Waals surface area contributed by atoms with E-state index in [0.717, 1.165) is 16.8 Å². The SMILES string of the molecule is Cc1c(O)ccnc1CSc1nc2ccc(F)cc2[nH]1.